The number of hydrogen-bond donors (Lipinski definition) is 1. The van der Waals surface area contributed by atoms with Crippen molar-refractivity contribution in [2.75, 3.05) is 0 Å². The number of oxime groups is 1. The van der Waals surface area contributed by atoms with Gasteiger partial charge in [-0.2, -0.15) is 0 Å². The zero-order valence-corrected chi connectivity index (χ0v) is 12.7. The molecule has 0 aliphatic carbocycles. The number of pyridine rings is 1. The molecule has 0 saturated heterocycles. The molecule has 0 fully saturated rings. The predicted molar refractivity (Wildman–Crippen MR) is 82.0 cm³/mol. The average molecular weight is 331 g/mol. The number of rotatable bonds is 4. The lowest BCUT2D eigenvalue weighted by Crippen LogP contribution is -2.38. The highest BCUT2D eigenvalue weighted by Gasteiger charge is 2.31. The van der Waals surface area contributed by atoms with E-state index >= 15 is 0 Å². The topological polar surface area (TPSA) is 97.7 Å². The summed E-state index contributed by atoms with van der Waals surface area (Å²) in [5, 5.41) is 3.86. The first-order valence-electron chi connectivity index (χ1n) is 6.81. The third kappa shape index (κ3) is 3.37. The van der Waals surface area contributed by atoms with Gasteiger partial charge < -0.3 is 4.84 Å². The number of benzene rings is 1. The standard InChI is InChI=1S/C15H13N3O4S/c19-15(18-23(20,21)12-7-4-8-16-10-12)14-9-13(17-22-14)11-5-2-1-3-6-11/h1-8,10,14H,9H2,(H,18,19)/t14-/m0/s1. The van der Waals surface area contributed by atoms with Crippen LogP contribution in [0.5, 0.6) is 0 Å². The molecule has 7 nitrogen and oxygen atoms in total. The van der Waals surface area contributed by atoms with Crippen LogP contribution in [-0.2, 0) is 19.7 Å². The van der Waals surface area contributed by atoms with E-state index < -0.39 is 22.0 Å². The first-order valence-corrected chi connectivity index (χ1v) is 8.29. The van der Waals surface area contributed by atoms with Crippen molar-refractivity contribution in [1.29, 1.82) is 0 Å². The van der Waals surface area contributed by atoms with Crippen molar-refractivity contribution in [3.63, 3.8) is 0 Å². The summed E-state index contributed by atoms with van der Waals surface area (Å²) in [5.41, 5.74) is 1.43. The molecule has 1 atom stereocenters. The fourth-order valence-corrected chi connectivity index (χ4v) is 3.05. The molecule has 1 aliphatic heterocycles. The largest absolute Gasteiger partial charge is 0.382 e. The van der Waals surface area contributed by atoms with Crippen molar-refractivity contribution in [2.45, 2.75) is 17.4 Å². The highest BCUT2D eigenvalue weighted by atomic mass is 32.2. The number of amides is 1. The fourth-order valence-electron chi connectivity index (χ4n) is 2.08. The Balaban J connectivity index is 1.67. The molecular formula is C15H13N3O4S. The average Bonchev–Trinajstić information content (AvgIpc) is 3.06. The van der Waals surface area contributed by atoms with Crippen molar-refractivity contribution in [2.24, 2.45) is 5.16 Å². The highest BCUT2D eigenvalue weighted by molar-refractivity contribution is 7.90. The van der Waals surface area contributed by atoms with Gasteiger partial charge in [-0.25, -0.2) is 13.1 Å². The second-order valence-corrected chi connectivity index (χ2v) is 6.54. The molecule has 8 heteroatoms. The summed E-state index contributed by atoms with van der Waals surface area (Å²) in [6.45, 7) is 0. The minimum atomic E-state index is -3.97. The molecule has 0 bridgehead atoms. The zero-order chi connectivity index (χ0) is 16.3. The predicted octanol–water partition coefficient (Wildman–Crippen LogP) is 1.08. The van der Waals surface area contributed by atoms with E-state index in [1.807, 2.05) is 35.1 Å². The van der Waals surface area contributed by atoms with E-state index in [9.17, 15) is 13.2 Å². The van der Waals surface area contributed by atoms with Crippen LogP contribution < -0.4 is 4.72 Å². The fraction of sp³-hybridized carbons (Fsp3) is 0.133. The Morgan fingerprint density at radius 2 is 1.96 bits per heavy atom. The molecule has 1 aromatic carbocycles. The summed E-state index contributed by atoms with van der Waals surface area (Å²) >= 11 is 0. The van der Waals surface area contributed by atoms with Crippen LogP contribution in [0.2, 0.25) is 0 Å². The van der Waals surface area contributed by atoms with Crippen molar-refractivity contribution in [3.8, 4) is 0 Å². The summed E-state index contributed by atoms with van der Waals surface area (Å²) < 4.78 is 26.2. The SMILES string of the molecule is O=C(NS(=O)(=O)c1cccnc1)[C@@H]1CC(c2ccccc2)=NO1. The van der Waals surface area contributed by atoms with Crippen LogP contribution in [0.4, 0.5) is 0 Å². The minimum Gasteiger partial charge on any atom is -0.382 e. The lowest BCUT2D eigenvalue weighted by molar-refractivity contribution is -0.129. The lowest BCUT2D eigenvalue weighted by Gasteiger charge is -2.10. The third-order valence-electron chi connectivity index (χ3n) is 3.25. The van der Waals surface area contributed by atoms with Crippen LogP contribution in [-0.4, -0.2) is 31.1 Å². The molecule has 23 heavy (non-hydrogen) atoms. The first kappa shape index (κ1) is 15.2. The molecule has 1 aromatic heterocycles. The highest BCUT2D eigenvalue weighted by Crippen LogP contribution is 2.17. The summed E-state index contributed by atoms with van der Waals surface area (Å²) in [5.74, 6) is -0.761. The van der Waals surface area contributed by atoms with Gasteiger partial charge in [0.1, 0.15) is 4.90 Å². The molecule has 2 heterocycles. The van der Waals surface area contributed by atoms with E-state index in [2.05, 4.69) is 10.1 Å². The lowest BCUT2D eigenvalue weighted by atomic mass is 10.1. The molecule has 3 rings (SSSR count). The van der Waals surface area contributed by atoms with Gasteiger partial charge in [0, 0.05) is 18.8 Å². The van der Waals surface area contributed by atoms with Crippen LogP contribution in [0.25, 0.3) is 0 Å². The van der Waals surface area contributed by atoms with Crippen LogP contribution in [0.1, 0.15) is 12.0 Å². The van der Waals surface area contributed by atoms with E-state index in [0.29, 0.717) is 5.71 Å². The Hall–Kier alpha value is -2.74. The Labute approximate surface area is 133 Å². The van der Waals surface area contributed by atoms with Crippen molar-refractivity contribution in [3.05, 3.63) is 60.4 Å². The van der Waals surface area contributed by atoms with Gasteiger partial charge in [0.05, 0.1) is 5.71 Å². The monoisotopic (exact) mass is 331 g/mol. The Morgan fingerprint density at radius 1 is 1.17 bits per heavy atom. The van der Waals surface area contributed by atoms with Crippen LogP contribution in [0.15, 0.2) is 64.9 Å². The molecule has 0 unspecified atom stereocenters. The van der Waals surface area contributed by atoms with Gasteiger partial charge in [-0.15, -0.1) is 0 Å². The zero-order valence-electron chi connectivity index (χ0n) is 11.9. The third-order valence-corrected chi connectivity index (χ3v) is 4.58. The Bertz CT molecular complexity index is 836. The van der Waals surface area contributed by atoms with Crippen LogP contribution in [0.3, 0.4) is 0 Å². The second kappa shape index (κ2) is 6.17. The van der Waals surface area contributed by atoms with E-state index in [1.165, 1.54) is 18.3 Å². The van der Waals surface area contributed by atoms with Crippen molar-refractivity contribution >= 4 is 21.6 Å². The van der Waals surface area contributed by atoms with Gasteiger partial charge in [-0.3, -0.25) is 9.78 Å². The number of carbonyl (C=O) groups is 1. The molecule has 1 aliphatic rings. The molecular weight excluding hydrogens is 318 g/mol. The van der Waals surface area contributed by atoms with E-state index in [-0.39, 0.29) is 11.3 Å². The number of nitrogens with one attached hydrogen (secondary N) is 1. The Kier molecular flexibility index (Phi) is 4.07. The molecule has 118 valence electrons. The number of hydrogen-bond acceptors (Lipinski definition) is 6. The summed E-state index contributed by atoms with van der Waals surface area (Å²) in [6, 6.07) is 12.1. The maximum absolute atomic E-state index is 12.1. The molecule has 0 saturated carbocycles. The normalized spacial score (nSPS) is 17.2. The maximum atomic E-state index is 12.1. The van der Waals surface area contributed by atoms with Crippen LogP contribution >= 0.6 is 0 Å². The molecule has 0 spiro atoms. The number of sulfonamides is 1. The maximum Gasteiger partial charge on any atom is 0.278 e. The summed E-state index contributed by atoms with van der Waals surface area (Å²) in [7, 11) is -3.97. The molecule has 1 amide bonds. The van der Waals surface area contributed by atoms with Crippen LogP contribution in [0, 0.1) is 0 Å². The molecule has 1 N–H and O–H groups in total. The number of carbonyl (C=O) groups excluding carboxylic acids is 1. The summed E-state index contributed by atoms with van der Waals surface area (Å²) in [6.07, 6.45) is 1.84. The second-order valence-electron chi connectivity index (χ2n) is 4.86. The quantitative estimate of drug-likeness (QED) is 0.904. The minimum absolute atomic E-state index is 0.0875. The van der Waals surface area contributed by atoms with Gasteiger partial charge in [0.15, 0.2) is 0 Å². The van der Waals surface area contributed by atoms with E-state index in [4.69, 9.17) is 4.84 Å². The van der Waals surface area contributed by atoms with Gasteiger partial charge in [0.2, 0.25) is 6.10 Å². The van der Waals surface area contributed by atoms with Crippen molar-refractivity contribution < 1.29 is 18.0 Å². The molecule has 0 radical (unpaired) electrons. The van der Waals surface area contributed by atoms with Gasteiger partial charge in [0.25, 0.3) is 15.9 Å². The van der Waals surface area contributed by atoms with Gasteiger partial charge >= 0.3 is 0 Å². The first-order chi connectivity index (χ1) is 11.1. The van der Waals surface area contributed by atoms with Crippen molar-refractivity contribution in [1.82, 2.24) is 9.71 Å². The van der Waals surface area contributed by atoms with Gasteiger partial charge in [-0.05, 0) is 17.7 Å². The van der Waals surface area contributed by atoms with E-state index in [0.717, 1.165) is 11.8 Å². The van der Waals surface area contributed by atoms with Gasteiger partial charge in [-0.1, -0.05) is 35.5 Å². The van der Waals surface area contributed by atoms with E-state index in [1.54, 1.807) is 0 Å². The molecule has 2 aromatic rings. The number of aromatic nitrogens is 1. The summed E-state index contributed by atoms with van der Waals surface area (Å²) in [4.78, 5) is 20.8. The number of nitrogens with zero attached hydrogens (tertiary/aromatic N) is 2. The smallest absolute Gasteiger partial charge is 0.278 e. The Morgan fingerprint density at radius 3 is 2.65 bits per heavy atom.